The molecule has 2 aliphatic heterocycles. The summed E-state index contributed by atoms with van der Waals surface area (Å²) >= 11 is 0. The van der Waals surface area contributed by atoms with Crippen molar-refractivity contribution < 1.29 is 38.7 Å². The summed E-state index contributed by atoms with van der Waals surface area (Å²) in [5.41, 5.74) is -0.273. The van der Waals surface area contributed by atoms with Gasteiger partial charge in [0.05, 0.1) is 0 Å². The molecule has 3 atom stereocenters. The van der Waals surface area contributed by atoms with E-state index >= 15 is 0 Å². The second-order valence-electron chi connectivity index (χ2n) is 5.79. The quantitative estimate of drug-likeness (QED) is 0.786. The summed E-state index contributed by atoms with van der Waals surface area (Å²) < 4.78 is 21.8. The lowest BCUT2D eigenvalue weighted by Crippen LogP contribution is -2.33. The lowest BCUT2D eigenvalue weighted by molar-refractivity contribution is -0.188. The summed E-state index contributed by atoms with van der Waals surface area (Å²) in [7, 11) is 0. The third kappa shape index (κ3) is 2.95. The Bertz CT molecular complexity index is 653. The van der Waals surface area contributed by atoms with Gasteiger partial charge in [-0.25, -0.2) is 9.59 Å². The Balaban J connectivity index is 1.68. The number of cyclic esters (lactones) is 1. The van der Waals surface area contributed by atoms with Crippen LogP contribution in [0.4, 0.5) is 0 Å². The number of carbonyl (C=O) groups excluding carboxylic acids is 1. The number of phenols is 1. The molecule has 2 aliphatic rings. The molecule has 0 aliphatic carbocycles. The number of carboxylic acid groups (broad SMARTS) is 1. The smallest absolute Gasteiger partial charge is 0.339 e. The molecule has 8 nitrogen and oxygen atoms in total. The van der Waals surface area contributed by atoms with Gasteiger partial charge in [-0.1, -0.05) is 0 Å². The van der Waals surface area contributed by atoms with E-state index in [0.717, 1.165) is 0 Å². The van der Waals surface area contributed by atoms with Crippen LogP contribution in [0, 0.1) is 0 Å². The van der Waals surface area contributed by atoms with Crippen LogP contribution in [-0.2, 0) is 19.0 Å². The third-order valence-corrected chi connectivity index (χ3v) is 3.61. The molecule has 0 bridgehead atoms. The Morgan fingerprint density at radius 1 is 1.35 bits per heavy atom. The van der Waals surface area contributed by atoms with Crippen molar-refractivity contribution in [2.24, 2.45) is 0 Å². The summed E-state index contributed by atoms with van der Waals surface area (Å²) in [5.74, 6) is -2.77. The topological polar surface area (TPSA) is 112 Å². The first kappa shape index (κ1) is 15.6. The molecule has 0 spiro atoms. The highest BCUT2D eigenvalue weighted by Crippen LogP contribution is 2.36. The predicted molar refractivity (Wildman–Crippen MR) is 74.3 cm³/mol. The molecular formula is C15H16O8. The van der Waals surface area contributed by atoms with E-state index < -0.39 is 36.0 Å². The number of fused-ring (bicyclic) bond motifs is 1. The predicted octanol–water partition coefficient (Wildman–Crippen LogP) is 0.915. The first-order valence-electron chi connectivity index (χ1n) is 7.02. The van der Waals surface area contributed by atoms with Crippen LogP contribution in [0.1, 0.15) is 24.2 Å². The molecule has 3 unspecified atom stereocenters. The van der Waals surface area contributed by atoms with Crippen LogP contribution < -0.4 is 4.74 Å². The standard InChI is InChI=1S/C15H16O8/c1-15(2)22-11-10(21-14(19)12(11)23-15)6-20-7-3-4-9(16)8(5-7)13(17)18/h3-5,10-12,16H,6H2,1-2H3,(H,17,18). The second kappa shape index (κ2) is 5.39. The Labute approximate surface area is 131 Å². The average Bonchev–Trinajstić information content (AvgIpc) is 2.92. The number of carbonyl (C=O) groups is 2. The first-order chi connectivity index (χ1) is 10.8. The monoisotopic (exact) mass is 324 g/mol. The van der Waals surface area contributed by atoms with Crippen LogP contribution in [0.15, 0.2) is 18.2 Å². The van der Waals surface area contributed by atoms with Gasteiger partial charge in [-0.2, -0.15) is 0 Å². The molecule has 1 aromatic carbocycles. The molecule has 0 saturated carbocycles. The number of aromatic carboxylic acids is 1. The zero-order chi connectivity index (χ0) is 16.8. The Morgan fingerprint density at radius 2 is 2.09 bits per heavy atom. The molecule has 0 amide bonds. The van der Waals surface area contributed by atoms with Gasteiger partial charge in [-0.15, -0.1) is 0 Å². The van der Waals surface area contributed by atoms with Crippen LogP contribution in [0.5, 0.6) is 11.5 Å². The molecule has 1 aromatic rings. The van der Waals surface area contributed by atoms with E-state index in [9.17, 15) is 14.7 Å². The van der Waals surface area contributed by atoms with Crippen molar-refractivity contribution in [2.75, 3.05) is 6.61 Å². The van der Waals surface area contributed by atoms with Gasteiger partial charge in [-0.3, -0.25) is 0 Å². The fourth-order valence-electron chi connectivity index (χ4n) is 2.61. The maximum absolute atomic E-state index is 11.8. The lowest BCUT2D eigenvalue weighted by atomic mass is 10.1. The van der Waals surface area contributed by atoms with E-state index in [-0.39, 0.29) is 23.7 Å². The minimum Gasteiger partial charge on any atom is -0.507 e. The normalized spacial score (nSPS) is 28.3. The van der Waals surface area contributed by atoms with Gasteiger partial charge in [0.1, 0.15) is 29.8 Å². The number of hydrogen-bond donors (Lipinski definition) is 2. The maximum atomic E-state index is 11.8. The summed E-state index contributed by atoms with van der Waals surface area (Å²) in [6, 6.07) is 3.84. The number of benzene rings is 1. The molecular weight excluding hydrogens is 308 g/mol. The largest absolute Gasteiger partial charge is 0.507 e. The summed E-state index contributed by atoms with van der Waals surface area (Å²) in [6.45, 7) is 3.39. The number of rotatable bonds is 4. The van der Waals surface area contributed by atoms with E-state index in [1.807, 2.05) is 0 Å². The minimum absolute atomic E-state index is 0.0177. The summed E-state index contributed by atoms with van der Waals surface area (Å²) in [4.78, 5) is 22.7. The van der Waals surface area contributed by atoms with Crippen molar-refractivity contribution in [1.82, 2.24) is 0 Å². The molecule has 2 N–H and O–H groups in total. The van der Waals surface area contributed by atoms with E-state index in [2.05, 4.69) is 0 Å². The number of carboxylic acids is 1. The number of ether oxygens (including phenoxy) is 4. The van der Waals surface area contributed by atoms with Crippen molar-refractivity contribution in [3.63, 3.8) is 0 Å². The van der Waals surface area contributed by atoms with E-state index in [1.165, 1.54) is 18.2 Å². The van der Waals surface area contributed by atoms with E-state index in [1.54, 1.807) is 13.8 Å². The maximum Gasteiger partial charge on any atom is 0.339 e. The molecule has 2 fully saturated rings. The summed E-state index contributed by atoms with van der Waals surface area (Å²) in [6.07, 6.45) is -2.02. The molecule has 2 saturated heterocycles. The fourth-order valence-corrected chi connectivity index (χ4v) is 2.61. The van der Waals surface area contributed by atoms with Gasteiger partial charge >= 0.3 is 11.9 Å². The molecule has 0 aromatic heterocycles. The van der Waals surface area contributed by atoms with Crippen LogP contribution in [-0.4, -0.2) is 52.9 Å². The van der Waals surface area contributed by atoms with Crippen molar-refractivity contribution in [1.29, 1.82) is 0 Å². The highest BCUT2D eigenvalue weighted by atomic mass is 16.8. The molecule has 2 heterocycles. The Kier molecular flexibility index (Phi) is 3.65. The SMILES string of the molecule is CC1(C)OC2C(=O)OC(COc3ccc(O)c(C(=O)O)c3)C2O1. The molecule has 23 heavy (non-hydrogen) atoms. The molecule has 8 heteroatoms. The van der Waals surface area contributed by atoms with Gasteiger partial charge in [0, 0.05) is 0 Å². The average molecular weight is 324 g/mol. The zero-order valence-corrected chi connectivity index (χ0v) is 12.5. The van der Waals surface area contributed by atoms with Gasteiger partial charge in [-0.05, 0) is 32.0 Å². The minimum atomic E-state index is -1.27. The van der Waals surface area contributed by atoms with Gasteiger partial charge < -0.3 is 29.2 Å². The van der Waals surface area contributed by atoms with Gasteiger partial charge in [0.25, 0.3) is 0 Å². The number of esters is 1. The second-order valence-corrected chi connectivity index (χ2v) is 5.79. The van der Waals surface area contributed by atoms with E-state index in [0.29, 0.717) is 0 Å². The van der Waals surface area contributed by atoms with Crippen molar-refractivity contribution in [3.8, 4) is 11.5 Å². The highest BCUT2D eigenvalue weighted by molar-refractivity contribution is 5.91. The van der Waals surface area contributed by atoms with Crippen LogP contribution in [0.25, 0.3) is 0 Å². The Hall–Kier alpha value is -2.32. The summed E-state index contributed by atoms with van der Waals surface area (Å²) in [5, 5.41) is 18.4. The molecule has 0 radical (unpaired) electrons. The highest BCUT2D eigenvalue weighted by Gasteiger charge is 2.56. The molecule has 124 valence electrons. The van der Waals surface area contributed by atoms with Crippen LogP contribution in [0.3, 0.4) is 0 Å². The van der Waals surface area contributed by atoms with Gasteiger partial charge in [0.2, 0.25) is 0 Å². The Morgan fingerprint density at radius 3 is 2.78 bits per heavy atom. The van der Waals surface area contributed by atoms with Crippen molar-refractivity contribution in [2.45, 2.75) is 37.9 Å². The van der Waals surface area contributed by atoms with Crippen LogP contribution in [0.2, 0.25) is 0 Å². The van der Waals surface area contributed by atoms with Crippen molar-refractivity contribution >= 4 is 11.9 Å². The van der Waals surface area contributed by atoms with E-state index in [4.69, 9.17) is 24.1 Å². The number of aromatic hydroxyl groups is 1. The molecule has 3 rings (SSSR count). The number of hydrogen-bond acceptors (Lipinski definition) is 7. The zero-order valence-electron chi connectivity index (χ0n) is 12.5. The van der Waals surface area contributed by atoms with Gasteiger partial charge in [0.15, 0.2) is 18.0 Å². The third-order valence-electron chi connectivity index (χ3n) is 3.61. The fraction of sp³-hybridized carbons (Fsp3) is 0.467. The lowest BCUT2D eigenvalue weighted by Gasteiger charge is -2.21. The van der Waals surface area contributed by atoms with Crippen molar-refractivity contribution in [3.05, 3.63) is 23.8 Å². The first-order valence-corrected chi connectivity index (χ1v) is 7.02. The van der Waals surface area contributed by atoms with Crippen LogP contribution >= 0.6 is 0 Å².